The van der Waals surface area contributed by atoms with Crippen molar-refractivity contribution in [1.82, 2.24) is 0 Å². The molecule has 28 heteroatoms. The lowest BCUT2D eigenvalue weighted by molar-refractivity contribution is -0.363. The lowest BCUT2D eigenvalue weighted by Crippen LogP contribution is -2.57. The molecule has 0 aromatic heterocycles. The number of hydrogen-bond donors (Lipinski definition) is 5. The number of benzene rings is 2. The molecular formula is C46H59F12NO15. The highest BCUT2D eigenvalue weighted by Crippen LogP contribution is 2.47. The summed E-state index contributed by atoms with van der Waals surface area (Å²) in [5, 5.41) is 33.6. The zero-order valence-electron chi connectivity index (χ0n) is 41.6. The predicted molar refractivity (Wildman–Crippen MR) is 234 cm³/mol. The number of carbonyl (C=O) groups is 7. The molecule has 0 fully saturated rings. The number of halogens is 12. The zero-order valence-corrected chi connectivity index (χ0v) is 41.6. The van der Waals surface area contributed by atoms with Crippen LogP contribution in [0.3, 0.4) is 0 Å². The van der Waals surface area contributed by atoms with Crippen LogP contribution >= 0.6 is 0 Å². The molecule has 74 heavy (non-hydrogen) atoms. The molecule has 0 saturated heterocycles. The van der Waals surface area contributed by atoms with Gasteiger partial charge >= 0.3 is 66.5 Å². The molecule has 1 aliphatic carbocycles. The number of carboxylic acids is 3. The second-order valence-electron chi connectivity index (χ2n) is 18.3. The Kier molecular flexibility index (Phi) is 25.9. The summed E-state index contributed by atoms with van der Waals surface area (Å²) in [5.74, 6) is -10.8. The lowest BCUT2D eigenvalue weighted by Gasteiger charge is -2.33. The summed E-state index contributed by atoms with van der Waals surface area (Å²) < 4.78 is 165. The van der Waals surface area contributed by atoms with Crippen molar-refractivity contribution in [2.45, 2.75) is 154 Å². The van der Waals surface area contributed by atoms with E-state index in [2.05, 4.69) is 33.7 Å². The van der Waals surface area contributed by atoms with Crippen LogP contribution in [0.15, 0.2) is 48.5 Å². The van der Waals surface area contributed by atoms with Crippen LogP contribution in [-0.4, -0.2) is 122 Å². The van der Waals surface area contributed by atoms with E-state index in [-0.39, 0.29) is 32.2 Å². The molecule has 6 N–H and O–H groups in total. The normalized spacial score (nSPS) is 14.0. The molecule has 2 aromatic carbocycles. The number of rotatable bonds is 13. The number of carboxylic acid groups (broad SMARTS) is 3. The average Bonchev–Trinajstić information content (AvgIpc) is 3.50. The number of esters is 4. The van der Waals surface area contributed by atoms with Crippen molar-refractivity contribution in [2.24, 2.45) is 17.6 Å². The Morgan fingerprint density at radius 1 is 0.554 bits per heavy atom. The first kappa shape index (κ1) is 69.9. The fourth-order valence-electron chi connectivity index (χ4n) is 5.08. The first-order valence-electron chi connectivity index (χ1n) is 21.3. The maximum Gasteiger partial charge on any atom is 0.437 e. The number of aliphatic hydroxyl groups is 1. The Bertz CT molecular complexity index is 2060. The second-order valence-corrected chi connectivity index (χ2v) is 18.3. The SMILES string of the molecule is CC(=O)OCC1c2ccccc2-c2ccccc21.CC(C)(C)O.CC(OC(=O)C[C@H](N)C(=O)O)(C(F)(F)F)C(F)(F)F.C[C@@H](CC(=O)O)C(=O)OC(C)(C)C.C[C@@H](CC(=O)OC(C)(C(F)(F)F)C(F)(F)F)C(=O)O. The van der Waals surface area contributed by atoms with Crippen molar-refractivity contribution in [3.8, 4) is 11.1 Å². The Morgan fingerprint density at radius 3 is 1.18 bits per heavy atom. The standard InChI is InChI=1S/C16H14O2.C9H10F6O4.C9H16O4.C8H9F6NO4.C4H10O/c1-11(17)18-10-16-14-8-4-2-6-12(14)13-7-3-5-9-15(13)16;1-4(6(17)18)3-5(16)19-7(2,8(10,11)12)9(13,14)15;1-6(5-7(10)11)8(12)13-9(2,3)4;1-6(7(9,10)11,8(12,13)14)19-4(16)2-3(15)5(17)18;1-4(2,3)5/h2-9,16H,10H2,1H3;4H,3H2,1-2H3,(H,17,18);6H,5H2,1-4H3,(H,10,11);3H,2,15H2,1H3,(H,17,18);5H,1-3H3/t;4-;6-;3-;/m.000./s1. The molecule has 3 rings (SSSR count). The van der Waals surface area contributed by atoms with Gasteiger partial charge in [0, 0.05) is 12.8 Å². The minimum absolute atomic E-state index is 0.168. The van der Waals surface area contributed by atoms with Gasteiger partial charge in [0.2, 0.25) is 0 Å². The number of nitrogens with two attached hydrogens (primary N) is 1. The molecule has 0 unspecified atom stereocenters. The van der Waals surface area contributed by atoms with E-state index in [1.165, 1.54) is 29.2 Å². The Labute approximate surface area is 416 Å². The summed E-state index contributed by atoms with van der Waals surface area (Å²) in [6.07, 6.45) is -26.2. The third-order valence-electron chi connectivity index (χ3n) is 9.10. The van der Waals surface area contributed by atoms with Crippen LogP contribution in [0.2, 0.25) is 0 Å². The van der Waals surface area contributed by atoms with Crippen molar-refractivity contribution >= 4 is 41.8 Å². The Balaban J connectivity index is 0. The van der Waals surface area contributed by atoms with Gasteiger partial charge in [-0.1, -0.05) is 62.4 Å². The van der Waals surface area contributed by atoms with E-state index in [0.717, 1.165) is 6.92 Å². The van der Waals surface area contributed by atoms with Crippen LogP contribution in [0.5, 0.6) is 0 Å². The van der Waals surface area contributed by atoms with Crippen LogP contribution < -0.4 is 5.73 Å². The molecule has 0 radical (unpaired) electrons. The number of hydrogen-bond acceptors (Lipinski definition) is 13. The summed E-state index contributed by atoms with van der Waals surface area (Å²) in [5.41, 5.74) is -0.649. The van der Waals surface area contributed by atoms with E-state index in [1.807, 2.05) is 24.3 Å². The molecule has 3 atom stereocenters. The topological polar surface area (TPSA) is 263 Å². The summed E-state index contributed by atoms with van der Waals surface area (Å²) in [7, 11) is 0. The zero-order chi connectivity index (χ0) is 59.0. The number of fused-ring (bicyclic) bond motifs is 3. The van der Waals surface area contributed by atoms with Crippen LogP contribution in [0, 0.1) is 11.8 Å². The first-order chi connectivity index (χ1) is 32.9. The molecular weight excluding hydrogens is 1030 g/mol. The minimum Gasteiger partial charge on any atom is -0.481 e. The molecule has 1 aliphatic rings. The number of carbonyl (C=O) groups excluding carboxylic acids is 4. The highest BCUT2D eigenvalue weighted by atomic mass is 19.4. The molecule has 0 saturated carbocycles. The molecule has 0 spiro atoms. The van der Waals surface area contributed by atoms with E-state index in [1.54, 1.807) is 48.5 Å². The minimum atomic E-state index is -5.91. The molecule has 2 aromatic rings. The maximum atomic E-state index is 12.3. The van der Waals surface area contributed by atoms with Crippen LogP contribution in [0.25, 0.3) is 11.1 Å². The molecule has 422 valence electrons. The highest BCUT2D eigenvalue weighted by Gasteiger charge is 2.72. The van der Waals surface area contributed by atoms with Crippen molar-refractivity contribution in [2.75, 3.05) is 6.61 Å². The quantitative estimate of drug-likeness (QED) is 0.0711. The van der Waals surface area contributed by atoms with Gasteiger partial charge in [-0.25, -0.2) is 0 Å². The molecule has 16 nitrogen and oxygen atoms in total. The molecule has 0 bridgehead atoms. The number of aliphatic carboxylic acids is 3. The summed E-state index contributed by atoms with van der Waals surface area (Å²) in [6.45, 7) is 14.1. The van der Waals surface area contributed by atoms with Gasteiger partial charge in [-0.05, 0) is 77.6 Å². The van der Waals surface area contributed by atoms with Gasteiger partial charge in [0.25, 0.3) is 11.2 Å². The van der Waals surface area contributed by atoms with Gasteiger partial charge in [0.15, 0.2) is 0 Å². The second kappa shape index (κ2) is 27.4. The predicted octanol–water partition coefficient (Wildman–Crippen LogP) is 9.32. The lowest BCUT2D eigenvalue weighted by atomic mass is 9.98. The van der Waals surface area contributed by atoms with Crippen LogP contribution in [0.4, 0.5) is 52.7 Å². The van der Waals surface area contributed by atoms with E-state index < -0.39 is 114 Å². The average molecular weight is 1090 g/mol. The smallest absolute Gasteiger partial charge is 0.437 e. The van der Waals surface area contributed by atoms with Gasteiger partial charge < -0.3 is 45.1 Å². The number of ether oxygens (including phenoxy) is 4. The van der Waals surface area contributed by atoms with E-state index in [0.29, 0.717) is 6.61 Å². The summed E-state index contributed by atoms with van der Waals surface area (Å²) in [6, 6.07) is 14.7. The third-order valence-corrected chi connectivity index (χ3v) is 9.10. The fraction of sp³-hybridized carbons (Fsp3) is 0.587. The Morgan fingerprint density at radius 2 is 0.892 bits per heavy atom. The monoisotopic (exact) mass is 1090 g/mol. The van der Waals surface area contributed by atoms with Crippen molar-refractivity contribution in [3.05, 3.63) is 59.7 Å². The summed E-state index contributed by atoms with van der Waals surface area (Å²) >= 11 is 0. The molecule has 0 heterocycles. The van der Waals surface area contributed by atoms with E-state index in [9.17, 15) is 86.2 Å². The van der Waals surface area contributed by atoms with Crippen molar-refractivity contribution in [1.29, 1.82) is 0 Å². The van der Waals surface area contributed by atoms with E-state index >= 15 is 0 Å². The molecule has 0 aliphatic heterocycles. The maximum absolute atomic E-state index is 12.3. The van der Waals surface area contributed by atoms with Gasteiger partial charge in [-0.15, -0.1) is 0 Å². The molecule has 0 amide bonds. The largest absolute Gasteiger partial charge is 0.481 e. The Hall–Kier alpha value is -6.19. The van der Waals surface area contributed by atoms with Crippen LogP contribution in [-0.2, 0) is 52.5 Å². The van der Waals surface area contributed by atoms with Crippen LogP contribution in [0.1, 0.15) is 112 Å². The van der Waals surface area contributed by atoms with Gasteiger partial charge in [-0.2, -0.15) is 52.7 Å². The van der Waals surface area contributed by atoms with Gasteiger partial charge in [0.1, 0.15) is 18.2 Å². The van der Waals surface area contributed by atoms with Crippen molar-refractivity contribution < 1.29 is 126 Å². The number of alkyl halides is 12. The summed E-state index contributed by atoms with van der Waals surface area (Å²) in [4.78, 5) is 74.9. The van der Waals surface area contributed by atoms with E-state index in [4.69, 9.17) is 35.6 Å². The van der Waals surface area contributed by atoms with Gasteiger partial charge in [0.05, 0.1) is 36.7 Å². The first-order valence-corrected chi connectivity index (χ1v) is 21.3. The van der Waals surface area contributed by atoms with Gasteiger partial charge in [-0.3, -0.25) is 33.6 Å². The highest BCUT2D eigenvalue weighted by molar-refractivity contribution is 5.82. The third kappa shape index (κ3) is 23.8. The van der Waals surface area contributed by atoms with Crippen molar-refractivity contribution in [3.63, 3.8) is 0 Å². The fourth-order valence-corrected chi connectivity index (χ4v) is 5.08.